The molecule has 0 saturated carbocycles. The number of aromatic amines is 1. The third kappa shape index (κ3) is 3.16. The Morgan fingerprint density at radius 2 is 2.35 bits per heavy atom. The lowest BCUT2D eigenvalue weighted by Gasteiger charge is -2.13. The van der Waals surface area contributed by atoms with Crippen LogP contribution in [0.1, 0.15) is 11.6 Å². The van der Waals surface area contributed by atoms with Crippen molar-refractivity contribution in [2.75, 3.05) is 7.05 Å². The van der Waals surface area contributed by atoms with Crippen LogP contribution in [-0.4, -0.2) is 47.7 Å². The maximum Gasteiger partial charge on any atom is 0.389 e. The summed E-state index contributed by atoms with van der Waals surface area (Å²) in [6, 6.07) is 1.24. The highest BCUT2D eigenvalue weighted by Crippen LogP contribution is 2.06. The third-order valence-electron chi connectivity index (χ3n) is 2.56. The summed E-state index contributed by atoms with van der Waals surface area (Å²) in [7, 11) is 1.60. The number of hydrogen-bond donors (Lipinski definition) is 1. The Balaban J connectivity index is 1.94. The van der Waals surface area contributed by atoms with Crippen molar-refractivity contribution in [2.24, 2.45) is 0 Å². The van der Waals surface area contributed by atoms with Gasteiger partial charge in [0.25, 0.3) is 0 Å². The lowest BCUT2D eigenvalue weighted by atomic mass is 10.4. The predicted molar refractivity (Wildman–Crippen MR) is 66.5 cm³/mol. The van der Waals surface area contributed by atoms with Crippen molar-refractivity contribution >= 4 is 11.7 Å². The second-order valence-electron chi connectivity index (χ2n) is 4.22. The molecule has 1 amide bonds. The summed E-state index contributed by atoms with van der Waals surface area (Å²) in [4.78, 5) is 27.3. The van der Waals surface area contributed by atoms with Gasteiger partial charge in [0.15, 0.2) is 5.82 Å². The summed E-state index contributed by atoms with van der Waals surface area (Å²) >= 11 is 0. The summed E-state index contributed by atoms with van der Waals surface area (Å²) in [5.74, 6) is 0.642. The van der Waals surface area contributed by atoms with E-state index in [1.54, 1.807) is 14.0 Å². The van der Waals surface area contributed by atoms with E-state index in [1.165, 1.54) is 21.8 Å². The molecule has 2 rings (SSSR count). The van der Waals surface area contributed by atoms with Crippen molar-refractivity contribution in [3.05, 3.63) is 34.0 Å². The molecule has 10 nitrogen and oxygen atoms in total. The van der Waals surface area contributed by atoms with Gasteiger partial charge in [0.2, 0.25) is 5.91 Å². The van der Waals surface area contributed by atoms with Gasteiger partial charge in [0.1, 0.15) is 12.4 Å². The minimum atomic E-state index is -0.610. The van der Waals surface area contributed by atoms with Gasteiger partial charge in [0.05, 0.1) is 23.9 Å². The molecule has 0 fully saturated rings. The molecular formula is C10H13N7O3. The zero-order valence-corrected chi connectivity index (χ0v) is 11.0. The molecule has 0 aliphatic carbocycles. The number of likely N-dealkylation sites (N-methyl/N-ethyl adjacent to an activating group) is 1. The average Bonchev–Trinajstić information content (AvgIpc) is 2.98. The van der Waals surface area contributed by atoms with Gasteiger partial charge in [-0.15, -0.1) is 0 Å². The van der Waals surface area contributed by atoms with Gasteiger partial charge >= 0.3 is 5.82 Å². The van der Waals surface area contributed by atoms with Crippen LogP contribution in [-0.2, 0) is 17.9 Å². The van der Waals surface area contributed by atoms with Gasteiger partial charge in [-0.3, -0.25) is 9.89 Å². The summed E-state index contributed by atoms with van der Waals surface area (Å²) < 4.78 is 1.22. The molecule has 2 heterocycles. The molecule has 0 aliphatic heterocycles. The Bertz CT molecular complexity index is 632. The van der Waals surface area contributed by atoms with Crippen molar-refractivity contribution in [3.8, 4) is 0 Å². The largest absolute Gasteiger partial charge is 0.389 e. The number of nitrogens with zero attached hydrogens (tertiary/aromatic N) is 6. The minimum Gasteiger partial charge on any atom is -0.358 e. The van der Waals surface area contributed by atoms with Crippen LogP contribution < -0.4 is 0 Å². The highest BCUT2D eigenvalue weighted by atomic mass is 16.6. The van der Waals surface area contributed by atoms with Crippen molar-refractivity contribution in [1.82, 2.24) is 29.9 Å². The van der Waals surface area contributed by atoms with E-state index in [-0.39, 0.29) is 24.8 Å². The van der Waals surface area contributed by atoms with E-state index in [9.17, 15) is 14.9 Å². The predicted octanol–water partition coefficient (Wildman–Crippen LogP) is -0.124. The van der Waals surface area contributed by atoms with Gasteiger partial charge in [0, 0.05) is 7.05 Å². The summed E-state index contributed by atoms with van der Waals surface area (Å²) in [6.45, 7) is 1.95. The molecular weight excluding hydrogens is 266 g/mol. The first-order valence-corrected chi connectivity index (χ1v) is 5.75. The molecule has 0 saturated heterocycles. The van der Waals surface area contributed by atoms with E-state index in [4.69, 9.17) is 0 Å². The molecule has 0 aliphatic rings. The topological polar surface area (TPSA) is 123 Å². The third-order valence-corrected chi connectivity index (χ3v) is 2.56. The molecule has 106 valence electrons. The fourth-order valence-electron chi connectivity index (χ4n) is 1.56. The van der Waals surface area contributed by atoms with E-state index in [2.05, 4.69) is 20.3 Å². The summed E-state index contributed by atoms with van der Waals surface area (Å²) in [5, 5.41) is 20.8. The van der Waals surface area contributed by atoms with Gasteiger partial charge in [-0.1, -0.05) is 0 Å². The number of rotatable bonds is 5. The number of nitro groups is 1. The molecule has 0 radical (unpaired) electrons. The molecule has 0 bridgehead atoms. The molecule has 0 unspecified atom stereocenters. The van der Waals surface area contributed by atoms with Crippen LogP contribution in [0, 0.1) is 17.0 Å². The number of H-pyrrole nitrogens is 1. The molecule has 0 atom stereocenters. The van der Waals surface area contributed by atoms with Gasteiger partial charge < -0.3 is 15.0 Å². The fourth-order valence-corrected chi connectivity index (χ4v) is 1.56. The molecule has 0 spiro atoms. The Kier molecular flexibility index (Phi) is 3.73. The highest BCUT2D eigenvalue weighted by molar-refractivity contribution is 5.75. The Hall–Kier alpha value is -2.78. The van der Waals surface area contributed by atoms with Crippen molar-refractivity contribution in [3.63, 3.8) is 0 Å². The Morgan fingerprint density at radius 3 is 2.90 bits per heavy atom. The lowest BCUT2D eigenvalue weighted by molar-refractivity contribution is -0.389. The van der Waals surface area contributed by atoms with Gasteiger partial charge in [-0.2, -0.15) is 9.78 Å². The zero-order chi connectivity index (χ0) is 14.7. The normalized spacial score (nSPS) is 10.5. The van der Waals surface area contributed by atoms with Crippen molar-refractivity contribution in [1.29, 1.82) is 0 Å². The quantitative estimate of drug-likeness (QED) is 0.601. The maximum absolute atomic E-state index is 11.9. The van der Waals surface area contributed by atoms with Crippen LogP contribution in [0.4, 0.5) is 5.82 Å². The van der Waals surface area contributed by atoms with Crippen LogP contribution >= 0.6 is 0 Å². The average molecular weight is 279 g/mol. The highest BCUT2D eigenvalue weighted by Gasteiger charge is 2.17. The summed E-state index contributed by atoms with van der Waals surface area (Å²) in [6.07, 6.45) is 1.39. The van der Waals surface area contributed by atoms with Crippen LogP contribution in [0.5, 0.6) is 0 Å². The standard InChI is InChI=1S/C10H13N7O3/c1-7-11-8(13-12-7)5-15(2)10(18)6-16-4-3-9(14-16)17(19)20/h3-4H,5-6H2,1-2H3,(H,11,12,13). The number of nitrogens with one attached hydrogen (secondary N) is 1. The van der Waals surface area contributed by atoms with Crippen LogP contribution in [0.15, 0.2) is 12.3 Å². The number of amides is 1. The molecule has 20 heavy (non-hydrogen) atoms. The van der Waals surface area contributed by atoms with E-state index >= 15 is 0 Å². The van der Waals surface area contributed by atoms with Crippen LogP contribution in [0.3, 0.4) is 0 Å². The molecule has 10 heteroatoms. The Labute approximate surface area is 113 Å². The number of carbonyl (C=O) groups is 1. The monoisotopic (exact) mass is 279 g/mol. The molecule has 0 aromatic carbocycles. The fraction of sp³-hybridized carbons (Fsp3) is 0.400. The Morgan fingerprint density at radius 1 is 1.60 bits per heavy atom. The lowest BCUT2D eigenvalue weighted by Crippen LogP contribution is -2.30. The van der Waals surface area contributed by atoms with E-state index in [0.717, 1.165) is 0 Å². The molecule has 2 aromatic rings. The van der Waals surface area contributed by atoms with Gasteiger partial charge in [-0.05, 0) is 11.8 Å². The zero-order valence-electron chi connectivity index (χ0n) is 11.0. The summed E-state index contributed by atoms with van der Waals surface area (Å²) in [5.41, 5.74) is 0. The first kappa shape index (κ1) is 13.6. The van der Waals surface area contributed by atoms with E-state index in [1.807, 2.05) is 0 Å². The van der Waals surface area contributed by atoms with E-state index < -0.39 is 4.92 Å². The first-order chi connectivity index (χ1) is 9.45. The molecule has 2 aromatic heterocycles. The first-order valence-electron chi connectivity index (χ1n) is 5.75. The van der Waals surface area contributed by atoms with Crippen LogP contribution in [0.2, 0.25) is 0 Å². The number of aryl methyl sites for hydroxylation is 1. The second-order valence-corrected chi connectivity index (χ2v) is 4.22. The van der Waals surface area contributed by atoms with Crippen molar-refractivity contribution < 1.29 is 9.72 Å². The number of carbonyl (C=O) groups excluding carboxylic acids is 1. The molecule has 1 N–H and O–H groups in total. The van der Waals surface area contributed by atoms with Crippen molar-refractivity contribution in [2.45, 2.75) is 20.0 Å². The minimum absolute atomic E-state index is 0.0756. The van der Waals surface area contributed by atoms with Crippen LogP contribution in [0.25, 0.3) is 0 Å². The number of hydrogen-bond acceptors (Lipinski definition) is 6. The smallest absolute Gasteiger partial charge is 0.358 e. The number of aromatic nitrogens is 5. The second kappa shape index (κ2) is 5.47. The van der Waals surface area contributed by atoms with Gasteiger partial charge in [-0.25, -0.2) is 4.98 Å². The maximum atomic E-state index is 11.9. The SMILES string of the molecule is Cc1nc(CN(C)C(=O)Cn2ccc([N+](=O)[O-])n2)n[nH]1. The van der Waals surface area contributed by atoms with E-state index in [0.29, 0.717) is 11.6 Å².